The van der Waals surface area contributed by atoms with E-state index in [4.69, 9.17) is 28.4 Å². The first-order valence-electron chi connectivity index (χ1n) is 13.7. The van der Waals surface area contributed by atoms with Gasteiger partial charge in [-0.05, 0) is 52.2 Å². The highest BCUT2D eigenvalue weighted by Gasteiger charge is 2.34. The molecule has 0 bridgehead atoms. The van der Waals surface area contributed by atoms with E-state index in [9.17, 15) is 14.4 Å². The molecule has 1 aromatic rings. The van der Waals surface area contributed by atoms with Crippen molar-refractivity contribution in [3.8, 4) is 0 Å². The molecule has 0 aliphatic carbocycles. The standard InChI is InChI=1S/C28H42N2O9/c1-28(2,3)39-27(33)29-11-7-6-10-24(29)38-21-20-37-19-18-36-17-16-35-15-14-34-13-12-30-25(31)22-8-4-5-9-23(22)26(30)32/h4-5,8-9,24H,6-7,10-21H2,1-3H3. The van der Waals surface area contributed by atoms with E-state index < -0.39 is 5.60 Å². The molecule has 1 unspecified atom stereocenters. The number of likely N-dealkylation sites (tertiary alicyclic amines) is 1. The van der Waals surface area contributed by atoms with E-state index in [0.29, 0.717) is 70.5 Å². The fourth-order valence-corrected chi connectivity index (χ4v) is 4.21. The Morgan fingerprint density at radius 3 is 1.85 bits per heavy atom. The van der Waals surface area contributed by atoms with E-state index >= 15 is 0 Å². The molecule has 1 aromatic carbocycles. The van der Waals surface area contributed by atoms with Crippen molar-refractivity contribution in [3.05, 3.63) is 35.4 Å². The van der Waals surface area contributed by atoms with Crippen LogP contribution >= 0.6 is 0 Å². The van der Waals surface area contributed by atoms with Crippen LogP contribution < -0.4 is 0 Å². The Bertz CT molecular complexity index is 899. The second kappa shape index (κ2) is 15.9. The number of rotatable bonds is 16. The minimum absolute atomic E-state index is 0.211. The summed E-state index contributed by atoms with van der Waals surface area (Å²) in [6.45, 7) is 9.95. The third-order valence-electron chi connectivity index (χ3n) is 6.07. The van der Waals surface area contributed by atoms with Crippen molar-refractivity contribution in [1.29, 1.82) is 0 Å². The molecule has 0 spiro atoms. The highest BCUT2D eigenvalue weighted by molar-refractivity contribution is 6.21. The summed E-state index contributed by atoms with van der Waals surface area (Å²) in [5.74, 6) is -0.559. The van der Waals surface area contributed by atoms with Crippen molar-refractivity contribution in [1.82, 2.24) is 9.80 Å². The smallest absolute Gasteiger partial charge is 0.412 e. The third-order valence-corrected chi connectivity index (χ3v) is 6.07. The fourth-order valence-electron chi connectivity index (χ4n) is 4.21. The minimum atomic E-state index is -0.534. The van der Waals surface area contributed by atoms with Gasteiger partial charge in [0.15, 0.2) is 0 Å². The molecular formula is C28H42N2O9. The van der Waals surface area contributed by atoms with E-state index in [-0.39, 0.29) is 37.3 Å². The molecule has 2 aliphatic heterocycles. The van der Waals surface area contributed by atoms with E-state index in [2.05, 4.69) is 0 Å². The molecule has 3 rings (SSSR count). The molecule has 0 saturated carbocycles. The van der Waals surface area contributed by atoms with Gasteiger partial charge in [-0.2, -0.15) is 0 Å². The summed E-state index contributed by atoms with van der Waals surface area (Å²) in [5, 5.41) is 0. The first-order chi connectivity index (χ1) is 18.8. The van der Waals surface area contributed by atoms with Crippen LogP contribution in [0.25, 0.3) is 0 Å². The van der Waals surface area contributed by atoms with Gasteiger partial charge in [-0.3, -0.25) is 19.4 Å². The van der Waals surface area contributed by atoms with E-state index in [0.717, 1.165) is 19.3 Å². The van der Waals surface area contributed by atoms with Gasteiger partial charge in [0.2, 0.25) is 0 Å². The van der Waals surface area contributed by atoms with Gasteiger partial charge < -0.3 is 28.4 Å². The van der Waals surface area contributed by atoms with E-state index in [1.54, 1.807) is 29.2 Å². The van der Waals surface area contributed by atoms with Crippen molar-refractivity contribution < 1.29 is 42.8 Å². The minimum Gasteiger partial charge on any atom is -0.444 e. The quantitative estimate of drug-likeness (QED) is 0.226. The van der Waals surface area contributed by atoms with Crippen LogP contribution in [0.3, 0.4) is 0 Å². The zero-order chi connectivity index (χ0) is 28.1. The highest BCUT2D eigenvalue weighted by Crippen LogP contribution is 2.22. The molecule has 0 N–H and O–H groups in total. The average Bonchev–Trinajstić information content (AvgIpc) is 3.15. The zero-order valence-electron chi connectivity index (χ0n) is 23.4. The van der Waals surface area contributed by atoms with Crippen LogP contribution in [0.5, 0.6) is 0 Å². The summed E-state index contributed by atoms with van der Waals surface area (Å²) in [5.41, 5.74) is 0.347. The van der Waals surface area contributed by atoms with Crippen molar-refractivity contribution in [2.24, 2.45) is 0 Å². The average molecular weight is 551 g/mol. The van der Waals surface area contributed by atoms with Gasteiger partial charge in [0, 0.05) is 6.54 Å². The van der Waals surface area contributed by atoms with E-state index in [1.807, 2.05) is 20.8 Å². The number of amides is 3. The maximum absolute atomic E-state index is 12.4. The number of hydrogen-bond acceptors (Lipinski definition) is 9. The van der Waals surface area contributed by atoms with Crippen molar-refractivity contribution in [2.75, 3.05) is 72.6 Å². The molecule has 0 aromatic heterocycles. The van der Waals surface area contributed by atoms with Gasteiger partial charge in [-0.25, -0.2) is 4.79 Å². The Morgan fingerprint density at radius 2 is 1.31 bits per heavy atom. The van der Waals surface area contributed by atoms with Crippen LogP contribution in [0, 0.1) is 0 Å². The van der Waals surface area contributed by atoms with Gasteiger partial charge >= 0.3 is 6.09 Å². The Balaban J connectivity index is 1.11. The summed E-state index contributed by atoms with van der Waals surface area (Å²) < 4.78 is 33.4. The fraction of sp³-hybridized carbons (Fsp3) is 0.679. The van der Waals surface area contributed by atoms with Crippen LogP contribution in [-0.2, 0) is 28.4 Å². The Hall–Kier alpha value is -2.57. The first kappa shape index (κ1) is 31.0. The summed E-state index contributed by atoms with van der Waals surface area (Å²) in [7, 11) is 0. The molecule has 3 amide bonds. The Labute approximate surface area is 230 Å². The number of fused-ring (bicyclic) bond motifs is 1. The number of piperidine rings is 1. The number of nitrogens with zero attached hydrogens (tertiary/aromatic N) is 2. The van der Waals surface area contributed by atoms with Gasteiger partial charge in [0.25, 0.3) is 11.8 Å². The molecule has 1 saturated heterocycles. The third kappa shape index (κ3) is 10.2. The van der Waals surface area contributed by atoms with Gasteiger partial charge in [0.1, 0.15) is 11.8 Å². The number of carbonyl (C=O) groups is 3. The molecule has 0 radical (unpaired) electrons. The number of benzene rings is 1. The van der Waals surface area contributed by atoms with Crippen LogP contribution in [0.1, 0.15) is 60.7 Å². The maximum Gasteiger partial charge on any atom is 0.412 e. The summed E-state index contributed by atoms with van der Waals surface area (Å²) >= 11 is 0. The molecule has 2 heterocycles. The molecule has 2 aliphatic rings. The van der Waals surface area contributed by atoms with Crippen molar-refractivity contribution in [3.63, 3.8) is 0 Å². The van der Waals surface area contributed by atoms with Crippen molar-refractivity contribution in [2.45, 2.75) is 51.9 Å². The number of hydrogen-bond donors (Lipinski definition) is 0. The Morgan fingerprint density at radius 1 is 0.795 bits per heavy atom. The number of imide groups is 1. The summed E-state index contributed by atoms with van der Waals surface area (Å²) in [6, 6.07) is 6.81. The molecular weight excluding hydrogens is 508 g/mol. The van der Waals surface area contributed by atoms with Crippen LogP contribution in [0.4, 0.5) is 4.79 Å². The monoisotopic (exact) mass is 550 g/mol. The molecule has 1 atom stereocenters. The lowest BCUT2D eigenvalue weighted by molar-refractivity contribution is -0.0964. The zero-order valence-corrected chi connectivity index (χ0v) is 23.4. The first-order valence-corrected chi connectivity index (χ1v) is 13.7. The van der Waals surface area contributed by atoms with Crippen LogP contribution in [0.15, 0.2) is 24.3 Å². The molecule has 1 fully saturated rings. The summed E-state index contributed by atoms with van der Waals surface area (Å²) in [6.07, 6.45) is 2.14. The predicted octanol–water partition coefficient (Wildman–Crippen LogP) is 3.11. The number of ether oxygens (including phenoxy) is 6. The second-order valence-corrected chi connectivity index (χ2v) is 10.3. The van der Waals surface area contributed by atoms with Crippen LogP contribution in [-0.4, -0.2) is 112 Å². The SMILES string of the molecule is CC(C)(C)OC(=O)N1CCCCC1OCCOCCOCCOCCOCCN1C(=O)c2ccccc2C1=O. The number of carbonyl (C=O) groups excluding carboxylic acids is 3. The normalized spacial score (nSPS) is 17.6. The lowest BCUT2D eigenvalue weighted by Gasteiger charge is -2.36. The second-order valence-electron chi connectivity index (χ2n) is 10.3. The Kier molecular flexibility index (Phi) is 12.6. The molecule has 11 heteroatoms. The molecule has 11 nitrogen and oxygen atoms in total. The lowest BCUT2D eigenvalue weighted by atomic mass is 10.1. The largest absolute Gasteiger partial charge is 0.444 e. The van der Waals surface area contributed by atoms with Gasteiger partial charge in [0.05, 0.1) is 77.1 Å². The van der Waals surface area contributed by atoms with Crippen molar-refractivity contribution >= 4 is 17.9 Å². The molecule has 39 heavy (non-hydrogen) atoms. The van der Waals surface area contributed by atoms with Crippen LogP contribution in [0.2, 0.25) is 0 Å². The van der Waals surface area contributed by atoms with Gasteiger partial charge in [-0.15, -0.1) is 0 Å². The van der Waals surface area contributed by atoms with E-state index in [1.165, 1.54) is 4.90 Å². The lowest BCUT2D eigenvalue weighted by Crippen LogP contribution is -2.47. The summed E-state index contributed by atoms with van der Waals surface area (Å²) in [4.78, 5) is 39.9. The molecule has 218 valence electrons. The maximum atomic E-state index is 12.4. The highest BCUT2D eigenvalue weighted by atomic mass is 16.6. The van der Waals surface area contributed by atoms with Gasteiger partial charge in [-0.1, -0.05) is 12.1 Å². The predicted molar refractivity (Wildman–Crippen MR) is 142 cm³/mol. The topological polar surface area (TPSA) is 113 Å².